The van der Waals surface area contributed by atoms with Gasteiger partial charge in [0.15, 0.2) is 0 Å². The van der Waals surface area contributed by atoms with E-state index >= 15 is 0 Å². The number of halogens is 1. The molecular weight excluding hydrogens is 338 g/mol. The van der Waals surface area contributed by atoms with Gasteiger partial charge in [-0.15, -0.1) is 0 Å². The number of nitrogens with one attached hydrogen (secondary N) is 1. The van der Waals surface area contributed by atoms with Crippen molar-refractivity contribution in [2.24, 2.45) is 0 Å². The Hall–Kier alpha value is -3.12. The SMILES string of the molecule is Cc1c(N)cccc1-c1noc(-c2cc(-c3ccc(Cl)cc3)n[nH]2)n1. The van der Waals surface area contributed by atoms with Gasteiger partial charge in [0.2, 0.25) is 5.82 Å². The van der Waals surface area contributed by atoms with Crippen LogP contribution in [0, 0.1) is 6.92 Å². The Morgan fingerprint density at radius 3 is 2.72 bits per heavy atom. The monoisotopic (exact) mass is 351 g/mol. The predicted molar refractivity (Wildman–Crippen MR) is 96.9 cm³/mol. The molecule has 0 spiro atoms. The first-order valence-electron chi connectivity index (χ1n) is 7.63. The van der Waals surface area contributed by atoms with Crippen LogP contribution in [0.15, 0.2) is 53.1 Å². The van der Waals surface area contributed by atoms with Crippen LogP contribution in [0.4, 0.5) is 5.69 Å². The van der Waals surface area contributed by atoms with Crippen molar-refractivity contribution in [2.45, 2.75) is 6.92 Å². The van der Waals surface area contributed by atoms with Crippen LogP contribution in [-0.4, -0.2) is 20.3 Å². The van der Waals surface area contributed by atoms with Crippen molar-refractivity contribution >= 4 is 17.3 Å². The van der Waals surface area contributed by atoms with Gasteiger partial charge in [0.1, 0.15) is 5.69 Å². The van der Waals surface area contributed by atoms with Gasteiger partial charge in [0.25, 0.3) is 5.89 Å². The molecule has 0 saturated carbocycles. The number of anilines is 1. The third kappa shape index (κ3) is 2.88. The van der Waals surface area contributed by atoms with E-state index in [1.807, 2.05) is 55.5 Å². The average molecular weight is 352 g/mol. The highest BCUT2D eigenvalue weighted by Crippen LogP contribution is 2.28. The lowest BCUT2D eigenvalue weighted by atomic mass is 10.1. The van der Waals surface area contributed by atoms with Crippen molar-refractivity contribution in [1.29, 1.82) is 0 Å². The van der Waals surface area contributed by atoms with E-state index in [9.17, 15) is 0 Å². The van der Waals surface area contributed by atoms with E-state index in [2.05, 4.69) is 20.3 Å². The lowest BCUT2D eigenvalue weighted by Gasteiger charge is -2.03. The second-order valence-corrected chi connectivity index (χ2v) is 6.05. The van der Waals surface area contributed by atoms with Crippen LogP contribution >= 0.6 is 11.6 Å². The smallest absolute Gasteiger partial charge is 0.276 e. The van der Waals surface area contributed by atoms with Gasteiger partial charge in [-0.25, -0.2) is 0 Å². The van der Waals surface area contributed by atoms with Gasteiger partial charge in [-0.05, 0) is 36.8 Å². The fraction of sp³-hybridized carbons (Fsp3) is 0.0556. The number of hydrogen-bond donors (Lipinski definition) is 2. The Morgan fingerprint density at radius 2 is 1.92 bits per heavy atom. The van der Waals surface area contributed by atoms with E-state index in [1.54, 1.807) is 0 Å². The summed E-state index contributed by atoms with van der Waals surface area (Å²) in [5, 5.41) is 11.9. The summed E-state index contributed by atoms with van der Waals surface area (Å²) in [5.74, 6) is 0.854. The molecule has 7 heteroatoms. The minimum absolute atomic E-state index is 0.365. The summed E-state index contributed by atoms with van der Waals surface area (Å²) in [6.45, 7) is 1.93. The molecule has 4 rings (SSSR count). The highest BCUT2D eigenvalue weighted by atomic mass is 35.5. The minimum atomic E-state index is 0.365. The highest BCUT2D eigenvalue weighted by molar-refractivity contribution is 6.30. The second kappa shape index (κ2) is 6.07. The molecule has 0 aliphatic rings. The molecular formula is C18H14ClN5O. The van der Waals surface area contributed by atoms with Crippen LogP contribution in [0.25, 0.3) is 34.2 Å². The van der Waals surface area contributed by atoms with E-state index in [-0.39, 0.29) is 0 Å². The molecule has 2 aromatic carbocycles. The maximum Gasteiger partial charge on any atom is 0.276 e. The van der Waals surface area contributed by atoms with Gasteiger partial charge < -0.3 is 10.3 Å². The molecule has 25 heavy (non-hydrogen) atoms. The first-order chi connectivity index (χ1) is 12.1. The molecule has 0 radical (unpaired) electrons. The first-order valence-corrected chi connectivity index (χ1v) is 8.00. The average Bonchev–Trinajstić information content (AvgIpc) is 3.27. The maximum absolute atomic E-state index is 5.94. The van der Waals surface area contributed by atoms with E-state index < -0.39 is 0 Å². The van der Waals surface area contributed by atoms with Gasteiger partial charge in [0, 0.05) is 21.8 Å². The number of aromatic nitrogens is 4. The lowest BCUT2D eigenvalue weighted by Crippen LogP contribution is -1.92. The highest BCUT2D eigenvalue weighted by Gasteiger charge is 2.15. The van der Waals surface area contributed by atoms with E-state index in [0.29, 0.717) is 28.1 Å². The maximum atomic E-state index is 5.94. The molecule has 0 aliphatic heterocycles. The van der Waals surface area contributed by atoms with E-state index in [1.165, 1.54) is 0 Å². The largest absolute Gasteiger partial charge is 0.398 e. The first kappa shape index (κ1) is 15.4. The Labute approximate surface area is 148 Å². The van der Waals surface area contributed by atoms with Crippen LogP contribution in [0.1, 0.15) is 5.56 Å². The zero-order valence-electron chi connectivity index (χ0n) is 13.3. The Morgan fingerprint density at radius 1 is 1.12 bits per heavy atom. The summed E-state index contributed by atoms with van der Waals surface area (Å²) in [6.07, 6.45) is 0. The molecule has 0 aliphatic carbocycles. The summed E-state index contributed by atoms with van der Waals surface area (Å²) < 4.78 is 5.37. The number of rotatable bonds is 3. The molecule has 3 N–H and O–H groups in total. The molecule has 124 valence electrons. The summed E-state index contributed by atoms with van der Waals surface area (Å²) in [5.41, 5.74) is 10.7. The van der Waals surface area contributed by atoms with Gasteiger partial charge in [-0.2, -0.15) is 10.1 Å². The van der Waals surface area contributed by atoms with Gasteiger partial charge >= 0.3 is 0 Å². The molecule has 0 unspecified atom stereocenters. The molecule has 0 atom stereocenters. The van der Waals surface area contributed by atoms with Gasteiger partial charge in [-0.1, -0.05) is 41.0 Å². The van der Waals surface area contributed by atoms with Crippen LogP contribution < -0.4 is 5.73 Å². The van der Waals surface area contributed by atoms with Crippen molar-refractivity contribution in [3.63, 3.8) is 0 Å². The zero-order valence-corrected chi connectivity index (χ0v) is 14.1. The molecule has 2 heterocycles. The number of hydrogen-bond acceptors (Lipinski definition) is 5. The molecule has 0 amide bonds. The number of nitrogen functional groups attached to an aromatic ring is 1. The number of nitrogens with two attached hydrogens (primary N) is 1. The predicted octanol–water partition coefficient (Wildman–Crippen LogP) is 4.34. The van der Waals surface area contributed by atoms with Crippen molar-refractivity contribution < 1.29 is 4.52 Å². The molecule has 2 aromatic heterocycles. The van der Waals surface area contributed by atoms with Crippen molar-refractivity contribution in [3.05, 3.63) is 59.1 Å². The fourth-order valence-electron chi connectivity index (χ4n) is 2.54. The van der Waals surface area contributed by atoms with Crippen LogP contribution in [0.3, 0.4) is 0 Å². The number of nitrogens with zero attached hydrogens (tertiary/aromatic N) is 3. The third-order valence-corrected chi connectivity index (χ3v) is 4.24. The normalized spacial score (nSPS) is 11.0. The Kier molecular flexibility index (Phi) is 3.74. The minimum Gasteiger partial charge on any atom is -0.398 e. The topological polar surface area (TPSA) is 93.6 Å². The second-order valence-electron chi connectivity index (χ2n) is 5.62. The lowest BCUT2D eigenvalue weighted by molar-refractivity contribution is 0.431. The summed E-state index contributed by atoms with van der Waals surface area (Å²) in [4.78, 5) is 4.45. The number of benzene rings is 2. The molecule has 0 fully saturated rings. The molecule has 4 aromatic rings. The Bertz CT molecular complexity index is 1040. The number of H-pyrrole nitrogens is 1. The summed E-state index contributed by atoms with van der Waals surface area (Å²) in [6, 6.07) is 14.9. The van der Waals surface area contributed by atoms with Crippen molar-refractivity contribution in [1.82, 2.24) is 20.3 Å². The quantitative estimate of drug-likeness (QED) is 0.535. The summed E-state index contributed by atoms with van der Waals surface area (Å²) >= 11 is 5.91. The van der Waals surface area contributed by atoms with Gasteiger partial charge in [0.05, 0.1) is 5.69 Å². The van der Waals surface area contributed by atoms with E-state index in [4.69, 9.17) is 21.9 Å². The van der Waals surface area contributed by atoms with Crippen LogP contribution in [-0.2, 0) is 0 Å². The van der Waals surface area contributed by atoms with Crippen molar-refractivity contribution in [3.8, 4) is 34.2 Å². The van der Waals surface area contributed by atoms with E-state index in [0.717, 1.165) is 22.4 Å². The van der Waals surface area contributed by atoms with Crippen LogP contribution in [0.5, 0.6) is 0 Å². The molecule has 0 bridgehead atoms. The molecule has 0 saturated heterocycles. The van der Waals surface area contributed by atoms with Gasteiger partial charge in [-0.3, -0.25) is 5.10 Å². The standard InChI is InChI=1S/C18H14ClN5O/c1-10-13(3-2-4-14(10)20)17-21-18(25-24-17)16-9-15(22-23-16)11-5-7-12(19)8-6-11/h2-9H,20H2,1H3,(H,22,23). The number of aromatic amines is 1. The zero-order chi connectivity index (χ0) is 17.4. The van der Waals surface area contributed by atoms with Crippen molar-refractivity contribution in [2.75, 3.05) is 5.73 Å². The van der Waals surface area contributed by atoms with Crippen LogP contribution in [0.2, 0.25) is 5.02 Å². The fourth-order valence-corrected chi connectivity index (χ4v) is 2.66. The summed E-state index contributed by atoms with van der Waals surface area (Å²) in [7, 11) is 0. The Balaban J connectivity index is 1.67. The molecule has 6 nitrogen and oxygen atoms in total. The third-order valence-electron chi connectivity index (χ3n) is 3.99.